The van der Waals surface area contributed by atoms with Crippen molar-refractivity contribution in [1.29, 1.82) is 0 Å². The van der Waals surface area contributed by atoms with Crippen LogP contribution in [0.5, 0.6) is 0 Å². The van der Waals surface area contributed by atoms with E-state index in [1.807, 2.05) is 6.26 Å². The van der Waals surface area contributed by atoms with Gasteiger partial charge in [-0.15, -0.1) is 0 Å². The Morgan fingerprint density at radius 3 is 2.76 bits per heavy atom. The number of pyridine rings is 1. The van der Waals surface area contributed by atoms with Crippen LogP contribution in [0.4, 0.5) is 11.5 Å². The Balaban J connectivity index is 2.22. The van der Waals surface area contributed by atoms with Crippen molar-refractivity contribution >= 4 is 29.2 Å². The molecule has 1 heterocycles. The summed E-state index contributed by atoms with van der Waals surface area (Å²) in [5.41, 5.74) is -0.0874. The SMILES string of the molecule is COC(=O)c1ccc([N+](=O)[O-])c(NCC2(SC)CCC2)n1. The highest BCUT2D eigenvalue weighted by Gasteiger charge is 2.36. The molecule has 0 aliphatic heterocycles. The van der Waals surface area contributed by atoms with Gasteiger partial charge in [-0.3, -0.25) is 10.1 Å². The highest BCUT2D eigenvalue weighted by molar-refractivity contribution is 8.00. The van der Waals surface area contributed by atoms with Crippen LogP contribution in [0.1, 0.15) is 29.8 Å². The number of nitrogens with zero attached hydrogens (tertiary/aromatic N) is 2. The minimum atomic E-state index is -0.615. The lowest BCUT2D eigenvalue weighted by molar-refractivity contribution is -0.384. The van der Waals surface area contributed by atoms with E-state index in [2.05, 4.69) is 15.0 Å². The van der Waals surface area contributed by atoms with E-state index in [9.17, 15) is 14.9 Å². The summed E-state index contributed by atoms with van der Waals surface area (Å²) in [5.74, 6) is -0.501. The van der Waals surface area contributed by atoms with E-state index < -0.39 is 10.9 Å². The van der Waals surface area contributed by atoms with Crippen LogP contribution in [0.3, 0.4) is 0 Å². The van der Waals surface area contributed by atoms with Gasteiger partial charge in [-0.05, 0) is 25.2 Å². The zero-order valence-electron chi connectivity index (χ0n) is 11.9. The molecule has 1 saturated carbocycles. The molecule has 0 radical (unpaired) electrons. The molecule has 7 nitrogen and oxygen atoms in total. The number of carbonyl (C=O) groups is 1. The molecule has 114 valence electrons. The zero-order valence-corrected chi connectivity index (χ0v) is 12.7. The summed E-state index contributed by atoms with van der Waals surface area (Å²) >= 11 is 1.76. The molecule has 1 aliphatic carbocycles. The van der Waals surface area contributed by atoms with Gasteiger partial charge in [0.2, 0.25) is 5.82 Å². The Kier molecular flexibility index (Phi) is 4.66. The quantitative estimate of drug-likeness (QED) is 0.490. The van der Waals surface area contributed by atoms with E-state index in [1.54, 1.807) is 11.8 Å². The van der Waals surface area contributed by atoms with Crippen molar-refractivity contribution in [3.05, 3.63) is 27.9 Å². The number of nitro groups is 1. The molecule has 1 N–H and O–H groups in total. The average molecular weight is 311 g/mol. The van der Waals surface area contributed by atoms with Crippen molar-refractivity contribution < 1.29 is 14.5 Å². The number of thioether (sulfide) groups is 1. The third kappa shape index (κ3) is 3.26. The maximum Gasteiger partial charge on any atom is 0.356 e. The van der Waals surface area contributed by atoms with Crippen molar-refractivity contribution in [2.45, 2.75) is 24.0 Å². The van der Waals surface area contributed by atoms with E-state index >= 15 is 0 Å². The summed E-state index contributed by atoms with van der Waals surface area (Å²) in [5, 5.41) is 14.1. The maximum atomic E-state index is 11.5. The summed E-state index contributed by atoms with van der Waals surface area (Å²) in [4.78, 5) is 26.1. The Morgan fingerprint density at radius 2 is 2.29 bits per heavy atom. The van der Waals surface area contributed by atoms with E-state index in [1.165, 1.54) is 25.7 Å². The number of ether oxygens (including phenoxy) is 1. The van der Waals surface area contributed by atoms with Crippen LogP contribution >= 0.6 is 11.8 Å². The highest BCUT2D eigenvalue weighted by Crippen LogP contribution is 2.43. The van der Waals surface area contributed by atoms with E-state index in [-0.39, 0.29) is 21.9 Å². The molecule has 2 rings (SSSR count). The van der Waals surface area contributed by atoms with Crippen LogP contribution < -0.4 is 5.32 Å². The Morgan fingerprint density at radius 1 is 1.57 bits per heavy atom. The number of methoxy groups -OCH3 is 1. The van der Waals surface area contributed by atoms with Crippen LogP contribution in [0.2, 0.25) is 0 Å². The van der Waals surface area contributed by atoms with Crippen LogP contribution in [-0.2, 0) is 4.74 Å². The van der Waals surface area contributed by atoms with Gasteiger partial charge in [-0.2, -0.15) is 11.8 Å². The minimum absolute atomic E-state index is 0.0532. The fourth-order valence-corrected chi connectivity index (χ4v) is 3.13. The predicted octanol–water partition coefficient (Wildman–Crippen LogP) is 2.47. The third-order valence-electron chi connectivity index (χ3n) is 3.74. The lowest BCUT2D eigenvalue weighted by Gasteiger charge is -2.40. The molecule has 0 unspecified atom stereocenters. The minimum Gasteiger partial charge on any atom is -0.464 e. The fourth-order valence-electron chi connectivity index (χ4n) is 2.22. The molecule has 1 aliphatic rings. The number of rotatable bonds is 6. The van der Waals surface area contributed by atoms with E-state index in [0.29, 0.717) is 6.54 Å². The van der Waals surface area contributed by atoms with Gasteiger partial charge in [-0.25, -0.2) is 9.78 Å². The molecule has 8 heteroatoms. The van der Waals surface area contributed by atoms with Gasteiger partial charge in [0.25, 0.3) is 0 Å². The number of carbonyl (C=O) groups excluding carboxylic acids is 1. The lowest BCUT2D eigenvalue weighted by atomic mass is 9.84. The number of hydrogen-bond donors (Lipinski definition) is 1. The van der Waals surface area contributed by atoms with Gasteiger partial charge >= 0.3 is 11.7 Å². The average Bonchev–Trinajstić information content (AvgIpc) is 2.45. The first-order valence-electron chi connectivity index (χ1n) is 6.54. The molecule has 1 aromatic heterocycles. The maximum absolute atomic E-state index is 11.5. The summed E-state index contributed by atoms with van der Waals surface area (Å²) in [7, 11) is 1.25. The zero-order chi connectivity index (χ0) is 15.5. The molecular formula is C13H17N3O4S. The predicted molar refractivity (Wildman–Crippen MR) is 80.8 cm³/mol. The Hall–Kier alpha value is -1.83. The first-order chi connectivity index (χ1) is 10.0. The van der Waals surface area contributed by atoms with Crippen LogP contribution in [0.25, 0.3) is 0 Å². The topological polar surface area (TPSA) is 94.4 Å². The summed E-state index contributed by atoms with van der Waals surface area (Å²) in [6.07, 6.45) is 5.35. The van der Waals surface area contributed by atoms with Crippen molar-refractivity contribution in [2.75, 3.05) is 25.2 Å². The van der Waals surface area contributed by atoms with E-state index in [0.717, 1.165) is 12.8 Å². The summed E-state index contributed by atoms with van der Waals surface area (Å²) in [6, 6.07) is 2.57. The molecule has 0 amide bonds. The molecule has 1 aromatic rings. The second kappa shape index (κ2) is 6.30. The molecule has 0 bridgehead atoms. The number of hydrogen-bond acceptors (Lipinski definition) is 7. The number of nitrogens with one attached hydrogen (secondary N) is 1. The highest BCUT2D eigenvalue weighted by atomic mass is 32.2. The Labute approximate surface area is 126 Å². The standard InChI is InChI=1S/C13H17N3O4S/c1-20-12(17)9-4-5-10(16(18)19)11(15-9)14-8-13(21-2)6-3-7-13/h4-5H,3,6-8H2,1-2H3,(H,14,15). The fraction of sp³-hybridized carbons (Fsp3) is 0.538. The van der Waals surface area contributed by atoms with Crippen LogP contribution in [0.15, 0.2) is 12.1 Å². The van der Waals surface area contributed by atoms with Crippen molar-refractivity contribution in [2.24, 2.45) is 0 Å². The molecule has 0 atom stereocenters. The largest absolute Gasteiger partial charge is 0.464 e. The summed E-state index contributed by atoms with van der Waals surface area (Å²) < 4.78 is 4.70. The van der Waals surface area contributed by atoms with Crippen LogP contribution in [-0.4, -0.2) is 40.5 Å². The molecular weight excluding hydrogens is 294 g/mol. The van der Waals surface area contributed by atoms with Gasteiger partial charge < -0.3 is 10.1 Å². The van der Waals surface area contributed by atoms with Gasteiger partial charge in [0.15, 0.2) is 5.69 Å². The monoisotopic (exact) mass is 311 g/mol. The number of aromatic nitrogens is 1. The Bertz CT molecular complexity index is 555. The molecule has 1 fully saturated rings. The normalized spacial score (nSPS) is 15.9. The van der Waals surface area contributed by atoms with Gasteiger partial charge in [0.05, 0.1) is 12.0 Å². The first kappa shape index (κ1) is 15.6. The molecule has 0 saturated heterocycles. The van der Waals surface area contributed by atoms with Gasteiger partial charge in [0, 0.05) is 17.4 Å². The first-order valence-corrected chi connectivity index (χ1v) is 7.76. The van der Waals surface area contributed by atoms with Gasteiger partial charge in [-0.1, -0.05) is 6.42 Å². The molecule has 0 aromatic carbocycles. The number of anilines is 1. The molecule has 21 heavy (non-hydrogen) atoms. The lowest BCUT2D eigenvalue weighted by Crippen LogP contribution is -2.40. The van der Waals surface area contributed by atoms with Crippen molar-refractivity contribution in [3.8, 4) is 0 Å². The van der Waals surface area contributed by atoms with Crippen LogP contribution in [0, 0.1) is 10.1 Å². The van der Waals surface area contributed by atoms with E-state index in [4.69, 9.17) is 0 Å². The van der Waals surface area contributed by atoms with Gasteiger partial charge in [0.1, 0.15) is 0 Å². The van der Waals surface area contributed by atoms with Crippen molar-refractivity contribution in [3.63, 3.8) is 0 Å². The van der Waals surface area contributed by atoms with Crippen molar-refractivity contribution in [1.82, 2.24) is 4.98 Å². The smallest absolute Gasteiger partial charge is 0.356 e. The summed E-state index contributed by atoms with van der Waals surface area (Å²) in [6.45, 7) is 0.590. The molecule has 0 spiro atoms. The number of esters is 1. The second-order valence-corrected chi connectivity index (χ2v) is 6.18. The second-order valence-electron chi connectivity index (χ2n) is 4.91. The third-order valence-corrected chi connectivity index (χ3v) is 5.16.